The number of nitrogens with zero attached hydrogens (tertiary/aromatic N) is 1. The second-order valence-electron chi connectivity index (χ2n) is 7.97. The van der Waals surface area contributed by atoms with Crippen LogP contribution < -0.4 is 10.6 Å². The molecule has 2 unspecified atom stereocenters. The molecule has 2 atom stereocenters. The summed E-state index contributed by atoms with van der Waals surface area (Å²) in [6, 6.07) is 2.61. The van der Waals surface area contributed by atoms with Gasteiger partial charge in [-0.25, -0.2) is 12.7 Å². The first-order valence-electron chi connectivity index (χ1n) is 8.63. The molecular formula is C18H26ClN3O5S. The maximum atomic E-state index is 12.5. The molecule has 2 rings (SSSR count). The Morgan fingerprint density at radius 1 is 1.25 bits per heavy atom. The molecule has 1 aromatic rings. The minimum atomic E-state index is -4.01. The fourth-order valence-corrected chi connectivity index (χ4v) is 3.87. The van der Waals surface area contributed by atoms with Crippen molar-refractivity contribution in [3.8, 4) is 5.75 Å². The Labute approximate surface area is 170 Å². The molecule has 1 aliphatic carbocycles. The summed E-state index contributed by atoms with van der Waals surface area (Å²) >= 11 is 5.99. The van der Waals surface area contributed by atoms with Crippen LogP contribution in [0.4, 0.5) is 5.69 Å². The number of phenolic OH excluding ortho intramolecular Hbond substituents is 1. The largest absolute Gasteiger partial charge is 0.504 e. The van der Waals surface area contributed by atoms with E-state index in [-0.39, 0.29) is 33.6 Å². The van der Waals surface area contributed by atoms with Crippen molar-refractivity contribution in [3.63, 3.8) is 0 Å². The average molecular weight is 432 g/mol. The van der Waals surface area contributed by atoms with E-state index in [1.807, 2.05) is 27.7 Å². The lowest BCUT2D eigenvalue weighted by Crippen LogP contribution is -2.50. The van der Waals surface area contributed by atoms with Crippen molar-refractivity contribution in [1.29, 1.82) is 0 Å². The summed E-state index contributed by atoms with van der Waals surface area (Å²) in [5.41, 5.74) is 0.219. The molecular weight excluding hydrogens is 406 g/mol. The summed E-state index contributed by atoms with van der Waals surface area (Å²) < 4.78 is 25.8. The highest BCUT2D eigenvalue weighted by atomic mass is 35.5. The van der Waals surface area contributed by atoms with Crippen LogP contribution in [0.2, 0.25) is 5.02 Å². The molecule has 0 amide bonds. The van der Waals surface area contributed by atoms with Crippen molar-refractivity contribution in [2.24, 2.45) is 5.41 Å². The number of aliphatic hydroxyl groups excluding tert-OH is 1. The van der Waals surface area contributed by atoms with Gasteiger partial charge in [0.05, 0.1) is 16.4 Å². The molecule has 0 saturated heterocycles. The van der Waals surface area contributed by atoms with Gasteiger partial charge in [0.2, 0.25) is 15.8 Å². The summed E-state index contributed by atoms with van der Waals surface area (Å²) in [5.74, 6) is -1.07. The third-order valence-electron chi connectivity index (χ3n) is 4.79. The highest BCUT2D eigenvalue weighted by molar-refractivity contribution is 7.89. The molecule has 0 spiro atoms. The van der Waals surface area contributed by atoms with Crippen molar-refractivity contribution >= 4 is 33.1 Å². The molecule has 0 aliphatic heterocycles. The van der Waals surface area contributed by atoms with Gasteiger partial charge in [0.1, 0.15) is 10.6 Å². The summed E-state index contributed by atoms with van der Waals surface area (Å²) in [6.45, 7) is 7.91. The van der Waals surface area contributed by atoms with Crippen molar-refractivity contribution < 1.29 is 23.4 Å². The monoisotopic (exact) mass is 431 g/mol. The predicted molar refractivity (Wildman–Crippen MR) is 108 cm³/mol. The molecule has 0 radical (unpaired) electrons. The fraction of sp³-hybridized carbons (Fsp3) is 0.500. The Balaban J connectivity index is 2.46. The number of nitrogens with one attached hydrogen (secondary N) is 2. The smallest absolute Gasteiger partial charge is 0.247 e. The van der Waals surface area contributed by atoms with Crippen molar-refractivity contribution in [2.45, 2.75) is 44.7 Å². The number of halogens is 1. The van der Waals surface area contributed by atoms with Gasteiger partial charge in [-0.1, -0.05) is 32.4 Å². The number of hydrogen-bond donors (Lipinski definition) is 4. The molecule has 4 N–H and O–H groups in total. The maximum Gasteiger partial charge on any atom is 0.247 e. The first-order valence-corrected chi connectivity index (χ1v) is 10.5. The average Bonchev–Trinajstić information content (AvgIpc) is 2.57. The van der Waals surface area contributed by atoms with E-state index in [1.165, 1.54) is 26.2 Å². The lowest BCUT2D eigenvalue weighted by molar-refractivity contribution is -0.125. The summed E-state index contributed by atoms with van der Waals surface area (Å²) in [7, 11) is -1.38. The Bertz CT molecular complexity index is 935. The molecule has 10 heteroatoms. The van der Waals surface area contributed by atoms with Crippen LogP contribution in [0.5, 0.6) is 5.75 Å². The Kier molecular flexibility index (Phi) is 6.06. The van der Waals surface area contributed by atoms with Gasteiger partial charge in [-0.15, -0.1) is 0 Å². The van der Waals surface area contributed by atoms with Gasteiger partial charge >= 0.3 is 0 Å². The SMILES string of the molecule is CC(NC1=C(Nc2ccc(Cl)c(S(=O)(=O)N(C)C)c2O)C(O)C1=O)C(C)(C)C. The molecule has 0 bridgehead atoms. The number of anilines is 1. The zero-order chi connectivity index (χ0) is 21.6. The number of Topliss-reactive ketones (excluding diaryl/α,β-unsaturated/α-hetero) is 1. The van der Waals surface area contributed by atoms with E-state index in [9.17, 15) is 23.4 Å². The Hall–Kier alpha value is -1.81. The molecule has 0 fully saturated rings. The summed E-state index contributed by atoms with van der Waals surface area (Å²) in [4.78, 5) is 11.6. The molecule has 8 nitrogen and oxygen atoms in total. The topological polar surface area (TPSA) is 119 Å². The van der Waals surface area contributed by atoms with Crippen LogP contribution >= 0.6 is 11.6 Å². The van der Waals surface area contributed by atoms with Gasteiger partial charge in [0.25, 0.3) is 0 Å². The quantitative estimate of drug-likeness (QED) is 0.508. The van der Waals surface area contributed by atoms with E-state index in [2.05, 4.69) is 10.6 Å². The molecule has 0 heterocycles. The number of ketones is 1. The van der Waals surface area contributed by atoms with Gasteiger partial charge in [0.15, 0.2) is 11.9 Å². The van der Waals surface area contributed by atoms with E-state index in [4.69, 9.17) is 11.6 Å². The van der Waals surface area contributed by atoms with Gasteiger partial charge in [-0.3, -0.25) is 4.79 Å². The lowest BCUT2D eigenvalue weighted by atomic mass is 9.86. The molecule has 0 aromatic heterocycles. The molecule has 0 saturated carbocycles. The highest BCUT2D eigenvalue weighted by Crippen LogP contribution is 2.40. The first kappa shape index (κ1) is 22.5. The Morgan fingerprint density at radius 2 is 1.82 bits per heavy atom. The van der Waals surface area contributed by atoms with Crippen molar-refractivity contribution in [3.05, 3.63) is 28.5 Å². The molecule has 156 valence electrons. The van der Waals surface area contributed by atoms with Crippen molar-refractivity contribution in [1.82, 2.24) is 9.62 Å². The zero-order valence-corrected chi connectivity index (χ0v) is 18.2. The lowest BCUT2D eigenvalue weighted by Gasteiger charge is -2.36. The normalized spacial score (nSPS) is 18.9. The van der Waals surface area contributed by atoms with E-state index < -0.39 is 32.6 Å². The maximum absolute atomic E-state index is 12.5. The van der Waals surface area contributed by atoms with E-state index >= 15 is 0 Å². The second-order valence-corrected chi connectivity index (χ2v) is 10.5. The fourth-order valence-electron chi connectivity index (χ4n) is 2.39. The minimum absolute atomic E-state index is 0.00841. The minimum Gasteiger partial charge on any atom is -0.504 e. The number of hydrogen-bond acceptors (Lipinski definition) is 7. The van der Waals surface area contributed by atoms with Crippen LogP contribution in [0.3, 0.4) is 0 Å². The molecule has 1 aliphatic rings. The van der Waals surface area contributed by atoms with Gasteiger partial charge in [-0.05, 0) is 24.5 Å². The standard InChI is InChI=1S/C18H26ClN3O5S/c1-9(18(2,3)4)20-12-13(16(25)15(12)24)21-11-8-7-10(19)17(14(11)23)28(26,27)22(5)6/h7-9,16,20-21,23,25H,1-6H3. The second kappa shape index (κ2) is 7.55. The van der Waals surface area contributed by atoms with Crippen LogP contribution in [0, 0.1) is 5.41 Å². The van der Waals surface area contributed by atoms with E-state index in [0.29, 0.717) is 0 Å². The van der Waals surface area contributed by atoms with Crippen molar-refractivity contribution in [2.75, 3.05) is 19.4 Å². The van der Waals surface area contributed by atoms with Crippen LogP contribution in [-0.4, -0.2) is 55.0 Å². The summed E-state index contributed by atoms with van der Waals surface area (Å²) in [5, 5.41) is 26.3. The zero-order valence-electron chi connectivity index (χ0n) is 16.7. The van der Waals surface area contributed by atoms with Gasteiger partial charge in [-0.2, -0.15) is 0 Å². The number of aliphatic hydroxyl groups is 1. The van der Waals surface area contributed by atoms with Crippen LogP contribution in [0.25, 0.3) is 0 Å². The van der Waals surface area contributed by atoms with E-state index in [0.717, 1.165) is 4.31 Å². The third-order valence-corrected chi connectivity index (χ3v) is 7.11. The van der Waals surface area contributed by atoms with Crippen LogP contribution in [0.15, 0.2) is 28.4 Å². The Morgan fingerprint density at radius 3 is 2.32 bits per heavy atom. The van der Waals surface area contributed by atoms with Gasteiger partial charge in [0, 0.05) is 20.1 Å². The number of carbonyl (C=O) groups excluding carboxylic acids is 1. The molecule has 28 heavy (non-hydrogen) atoms. The predicted octanol–water partition coefficient (Wildman–Crippen LogP) is 1.89. The van der Waals surface area contributed by atoms with Crippen LogP contribution in [-0.2, 0) is 14.8 Å². The number of carbonyl (C=O) groups is 1. The number of phenols is 1. The van der Waals surface area contributed by atoms with E-state index in [1.54, 1.807) is 0 Å². The van der Waals surface area contributed by atoms with Crippen LogP contribution in [0.1, 0.15) is 27.7 Å². The number of benzene rings is 1. The number of rotatable bonds is 6. The molecule has 1 aromatic carbocycles. The van der Waals surface area contributed by atoms with Gasteiger partial charge < -0.3 is 20.8 Å². The first-order chi connectivity index (χ1) is 12.7. The third kappa shape index (κ3) is 3.98. The number of sulfonamides is 1. The summed E-state index contributed by atoms with van der Waals surface area (Å²) in [6.07, 6.45) is -1.39. The highest BCUT2D eigenvalue weighted by Gasteiger charge is 2.40. The number of aromatic hydroxyl groups is 1.